The third kappa shape index (κ3) is 2.90. The molecule has 1 amide bonds. The Balaban J connectivity index is 1.90. The van der Waals surface area contributed by atoms with Crippen molar-refractivity contribution in [2.24, 2.45) is 11.1 Å². The molecule has 2 aliphatic heterocycles. The molecule has 166 valence electrons. The molecule has 6 nitrogen and oxygen atoms in total. The summed E-state index contributed by atoms with van der Waals surface area (Å²) in [6.07, 6.45) is 0.828. The predicted molar refractivity (Wildman–Crippen MR) is 130 cm³/mol. The second-order valence-electron chi connectivity index (χ2n) is 9.70. The summed E-state index contributed by atoms with van der Waals surface area (Å²) in [7, 11) is 0. The molecule has 3 aliphatic rings. The Labute approximate surface area is 200 Å². The largest absolute Gasteiger partial charge is 0.384 e. The summed E-state index contributed by atoms with van der Waals surface area (Å²) in [6.45, 7) is 6.00. The maximum Gasteiger partial charge on any atom is 0.245 e. The van der Waals surface area contributed by atoms with E-state index in [1.165, 1.54) is 0 Å². The van der Waals surface area contributed by atoms with Gasteiger partial charge >= 0.3 is 0 Å². The van der Waals surface area contributed by atoms with Crippen molar-refractivity contribution in [3.63, 3.8) is 0 Å². The van der Waals surface area contributed by atoms with Gasteiger partial charge in [-0.2, -0.15) is 5.26 Å². The lowest BCUT2D eigenvalue weighted by molar-refractivity contribution is -0.123. The number of hydrogen-bond donors (Lipinski definition) is 2. The summed E-state index contributed by atoms with van der Waals surface area (Å²) < 4.78 is 0.900. The highest BCUT2D eigenvalue weighted by atomic mass is 79.9. The number of hydrogen-bond acceptors (Lipinski definition) is 5. The summed E-state index contributed by atoms with van der Waals surface area (Å²) in [5.41, 5.74) is 8.84. The maximum absolute atomic E-state index is 13.8. The van der Waals surface area contributed by atoms with Crippen LogP contribution in [0.1, 0.15) is 37.8 Å². The molecule has 7 heteroatoms. The van der Waals surface area contributed by atoms with E-state index >= 15 is 0 Å². The number of halogens is 1. The molecule has 2 aromatic carbocycles. The van der Waals surface area contributed by atoms with Crippen LogP contribution in [-0.4, -0.2) is 11.7 Å². The van der Waals surface area contributed by atoms with Gasteiger partial charge in [0, 0.05) is 39.1 Å². The van der Waals surface area contributed by atoms with E-state index in [4.69, 9.17) is 5.73 Å². The third-order valence-electron chi connectivity index (χ3n) is 6.73. The molecule has 2 heterocycles. The van der Waals surface area contributed by atoms with Crippen LogP contribution < -0.4 is 16.0 Å². The number of allylic oxidation sites excluding steroid dienone is 1. The molecule has 0 radical (unpaired) electrons. The van der Waals surface area contributed by atoms with Crippen LogP contribution in [-0.2, 0) is 15.0 Å². The van der Waals surface area contributed by atoms with Crippen molar-refractivity contribution < 1.29 is 9.59 Å². The van der Waals surface area contributed by atoms with Crippen LogP contribution in [0, 0.1) is 23.7 Å². The van der Waals surface area contributed by atoms with Crippen molar-refractivity contribution in [2.75, 3.05) is 10.2 Å². The standard InChI is InChI=1S/C26H23BrN4O2/c1-14-4-9-19-17(10-14)26(24(33)30-19)18(13-28)23(29)31(16-7-5-15(27)6-8-16)20-11-25(2,3)12-21(32)22(20)26/h4-10H,11-12,29H2,1-3H3,(H,30,33). The monoisotopic (exact) mass is 502 g/mol. The van der Waals surface area contributed by atoms with Crippen molar-refractivity contribution >= 4 is 39.0 Å². The molecule has 33 heavy (non-hydrogen) atoms. The molecule has 1 spiro atoms. The Bertz CT molecular complexity index is 1350. The molecule has 5 rings (SSSR count). The van der Waals surface area contributed by atoms with E-state index in [1.54, 1.807) is 4.90 Å². The maximum atomic E-state index is 13.8. The van der Waals surface area contributed by atoms with E-state index in [-0.39, 0.29) is 29.0 Å². The van der Waals surface area contributed by atoms with E-state index in [9.17, 15) is 14.9 Å². The topological polar surface area (TPSA) is 99.2 Å². The predicted octanol–water partition coefficient (Wildman–Crippen LogP) is 4.80. The Morgan fingerprint density at radius 2 is 1.82 bits per heavy atom. The van der Waals surface area contributed by atoms with Gasteiger partial charge in [-0.05, 0) is 49.1 Å². The number of nitriles is 1. The first-order chi connectivity index (χ1) is 15.6. The van der Waals surface area contributed by atoms with Crippen LogP contribution >= 0.6 is 15.9 Å². The van der Waals surface area contributed by atoms with Crippen LogP contribution in [0.25, 0.3) is 0 Å². The number of nitrogens with one attached hydrogen (secondary N) is 1. The Morgan fingerprint density at radius 1 is 1.12 bits per heavy atom. The van der Waals surface area contributed by atoms with Crippen molar-refractivity contribution in [3.05, 3.63) is 80.7 Å². The van der Waals surface area contributed by atoms with Gasteiger partial charge in [-0.1, -0.05) is 47.5 Å². The minimum atomic E-state index is -1.55. The number of amides is 1. The van der Waals surface area contributed by atoms with E-state index in [0.29, 0.717) is 28.9 Å². The van der Waals surface area contributed by atoms with Gasteiger partial charge in [0.25, 0.3) is 0 Å². The van der Waals surface area contributed by atoms with Crippen molar-refractivity contribution in [1.29, 1.82) is 5.26 Å². The first kappa shape index (κ1) is 21.5. The number of nitrogens with zero attached hydrogens (tertiary/aromatic N) is 2. The lowest BCUT2D eigenvalue weighted by Crippen LogP contribution is -2.52. The van der Waals surface area contributed by atoms with Crippen molar-refractivity contribution in [1.82, 2.24) is 0 Å². The molecule has 0 bridgehead atoms. The molecule has 0 saturated heterocycles. The van der Waals surface area contributed by atoms with Gasteiger partial charge in [-0.25, -0.2) is 0 Å². The quantitative estimate of drug-likeness (QED) is 0.582. The second-order valence-corrected chi connectivity index (χ2v) is 10.6. The summed E-state index contributed by atoms with van der Waals surface area (Å²) in [5, 5.41) is 13.3. The van der Waals surface area contributed by atoms with Crippen LogP contribution in [0.4, 0.5) is 11.4 Å². The molecule has 3 N–H and O–H groups in total. The highest BCUT2D eigenvalue weighted by Crippen LogP contribution is 2.57. The lowest BCUT2D eigenvalue weighted by atomic mass is 9.60. The third-order valence-corrected chi connectivity index (χ3v) is 7.26. The van der Waals surface area contributed by atoms with E-state index in [0.717, 1.165) is 15.7 Å². The minimum absolute atomic E-state index is 0.0825. The second kappa shape index (κ2) is 7.06. The first-order valence-electron chi connectivity index (χ1n) is 10.8. The number of nitrogens with two attached hydrogens (primary N) is 1. The SMILES string of the molecule is Cc1ccc2c(c1)C1(C(=O)N2)C(C#N)=C(N)N(c2ccc(Br)cc2)C2=C1C(=O)CC(C)(C)C2. The van der Waals surface area contributed by atoms with Gasteiger partial charge in [0.15, 0.2) is 5.78 Å². The molecular formula is C26H23BrN4O2. The highest BCUT2D eigenvalue weighted by Gasteiger charge is 2.61. The van der Waals surface area contributed by atoms with Gasteiger partial charge in [-0.15, -0.1) is 0 Å². The number of fused-ring (bicyclic) bond motifs is 3. The van der Waals surface area contributed by atoms with Crippen molar-refractivity contribution in [2.45, 2.75) is 39.0 Å². The average molecular weight is 503 g/mol. The molecule has 0 saturated carbocycles. The van der Waals surface area contributed by atoms with Gasteiger partial charge in [0.2, 0.25) is 5.91 Å². The molecule has 1 aliphatic carbocycles. The number of aryl methyl sites for hydroxylation is 1. The first-order valence-corrected chi connectivity index (χ1v) is 11.5. The molecule has 0 fully saturated rings. The number of carbonyl (C=O) groups excluding carboxylic acids is 2. The summed E-state index contributed by atoms with van der Waals surface area (Å²) >= 11 is 3.45. The zero-order valence-corrected chi connectivity index (χ0v) is 20.2. The fourth-order valence-corrected chi connectivity index (χ4v) is 5.68. The molecule has 0 aromatic heterocycles. The summed E-state index contributed by atoms with van der Waals surface area (Å²) in [6, 6.07) is 15.4. The van der Waals surface area contributed by atoms with Crippen LogP contribution in [0.2, 0.25) is 0 Å². The zero-order chi connectivity index (χ0) is 23.7. The normalized spacial score (nSPS) is 23.4. The van der Waals surface area contributed by atoms with E-state index in [1.807, 2.05) is 63.2 Å². The Morgan fingerprint density at radius 3 is 2.48 bits per heavy atom. The van der Waals surface area contributed by atoms with Gasteiger partial charge < -0.3 is 11.1 Å². The minimum Gasteiger partial charge on any atom is -0.384 e. The summed E-state index contributed by atoms with van der Waals surface area (Å²) in [5.74, 6) is -0.361. The zero-order valence-electron chi connectivity index (χ0n) is 18.6. The molecular weight excluding hydrogens is 480 g/mol. The van der Waals surface area contributed by atoms with Crippen molar-refractivity contribution in [3.8, 4) is 6.07 Å². The smallest absolute Gasteiger partial charge is 0.245 e. The average Bonchev–Trinajstić information content (AvgIpc) is 3.00. The molecule has 1 unspecified atom stereocenters. The van der Waals surface area contributed by atoms with E-state index < -0.39 is 11.3 Å². The highest BCUT2D eigenvalue weighted by molar-refractivity contribution is 9.10. The fraction of sp³-hybridized carbons (Fsp3) is 0.269. The lowest BCUT2D eigenvalue weighted by Gasteiger charge is -2.46. The molecule has 2 aromatic rings. The van der Waals surface area contributed by atoms with Gasteiger partial charge in [0.05, 0.1) is 5.57 Å². The fourth-order valence-electron chi connectivity index (χ4n) is 5.42. The van der Waals surface area contributed by atoms with Gasteiger partial charge in [-0.3, -0.25) is 14.5 Å². The Hall–Kier alpha value is -3.37. The van der Waals surface area contributed by atoms with Gasteiger partial charge in [0.1, 0.15) is 17.3 Å². The molecule has 1 atom stereocenters. The van der Waals surface area contributed by atoms with Crippen LogP contribution in [0.5, 0.6) is 0 Å². The number of carbonyl (C=O) groups is 2. The van der Waals surface area contributed by atoms with E-state index in [2.05, 4.69) is 27.3 Å². The Kier molecular flexibility index (Phi) is 4.60. The van der Waals surface area contributed by atoms with Crippen LogP contribution in [0.15, 0.2) is 69.6 Å². The number of ketones is 1. The number of Topliss-reactive ketones (excluding diaryl/α,β-unsaturated/α-hetero) is 1. The number of anilines is 2. The summed E-state index contributed by atoms with van der Waals surface area (Å²) in [4.78, 5) is 29.3. The number of benzene rings is 2. The van der Waals surface area contributed by atoms with Crippen LogP contribution in [0.3, 0.4) is 0 Å². The number of rotatable bonds is 1.